The van der Waals surface area contributed by atoms with Crippen LogP contribution >= 0.6 is 0 Å². The van der Waals surface area contributed by atoms with Gasteiger partial charge in [-0.2, -0.15) is 5.10 Å². The van der Waals surface area contributed by atoms with Gasteiger partial charge in [0.15, 0.2) is 5.82 Å². The number of likely N-dealkylation sites (tertiary alicyclic amines) is 1. The van der Waals surface area contributed by atoms with Crippen molar-refractivity contribution >= 4 is 11.8 Å². The third kappa shape index (κ3) is 4.52. The average Bonchev–Trinajstić information content (AvgIpc) is 3.56. The number of nitrogens with one attached hydrogen (secondary N) is 1. The molecule has 2 amide bonds. The summed E-state index contributed by atoms with van der Waals surface area (Å²) in [6.45, 7) is 3.40. The summed E-state index contributed by atoms with van der Waals surface area (Å²) in [5.41, 5.74) is 1.47. The summed E-state index contributed by atoms with van der Waals surface area (Å²) in [5, 5.41) is 7.86. The van der Waals surface area contributed by atoms with Crippen molar-refractivity contribution in [1.82, 2.24) is 24.6 Å². The van der Waals surface area contributed by atoms with Gasteiger partial charge in [0.1, 0.15) is 5.56 Å². The van der Waals surface area contributed by atoms with E-state index in [4.69, 9.17) is 0 Å². The molecule has 0 radical (unpaired) electrons. The maximum absolute atomic E-state index is 13.6. The van der Waals surface area contributed by atoms with E-state index in [-0.39, 0.29) is 17.7 Å². The Balaban J connectivity index is 1.29. The number of nitrogens with zero attached hydrogens (tertiary/aromatic N) is 4. The molecule has 1 saturated heterocycles. The molecule has 2 atom stereocenters. The minimum atomic E-state index is -0.0364. The predicted octanol–water partition coefficient (Wildman–Crippen LogP) is 4.21. The smallest absolute Gasteiger partial charge is 0.259 e. The van der Waals surface area contributed by atoms with E-state index in [9.17, 15) is 9.59 Å². The molecule has 1 aromatic carbocycles. The Labute approximate surface area is 200 Å². The Morgan fingerprint density at radius 1 is 0.941 bits per heavy atom. The first-order chi connectivity index (χ1) is 16.6. The van der Waals surface area contributed by atoms with Gasteiger partial charge in [-0.1, -0.05) is 38.0 Å². The zero-order valence-electron chi connectivity index (χ0n) is 19.8. The van der Waals surface area contributed by atoms with Crippen molar-refractivity contribution in [1.29, 1.82) is 0 Å². The molecule has 3 heterocycles. The molecule has 34 heavy (non-hydrogen) atoms. The van der Waals surface area contributed by atoms with Crippen molar-refractivity contribution in [3.63, 3.8) is 0 Å². The predicted molar refractivity (Wildman–Crippen MR) is 131 cm³/mol. The summed E-state index contributed by atoms with van der Waals surface area (Å²) in [6, 6.07) is 14.0. The van der Waals surface area contributed by atoms with Crippen LogP contribution in [-0.2, 0) is 4.79 Å². The van der Waals surface area contributed by atoms with Gasteiger partial charge < -0.3 is 14.8 Å². The molecule has 0 unspecified atom stereocenters. The fourth-order valence-corrected chi connectivity index (χ4v) is 5.32. The molecule has 0 bridgehead atoms. The van der Waals surface area contributed by atoms with E-state index in [1.54, 1.807) is 10.9 Å². The van der Waals surface area contributed by atoms with Crippen LogP contribution in [0.3, 0.4) is 0 Å². The number of hydrogen-bond acceptors (Lipinski definition) is 3. The number of para-hydroxylation sites is 1. The summed E-state index contributed by atoms with van der Waals surface area (Å²) in [4.78, 5) is 28.3. The minimum absolute atomic E-state index is 0.0193. The third-order valence-corrected chi connectivity index (χ3v) is 7.42. The maximum atomic E-state index is 13.6. The van der Waals surface area contributed by atoms with Gasteiger partial charge in [-0.25, -0.2) is 4.68 Å². The lowest BCUT2D eigenvalue weighted by atomic mass is 9.85. The van der Waals surface area contributed by atoms with E-state index < -0.39 is 0 Å². The van der Waals surface area contributed by atoms with Crippen LogP contribution in [0.5, 0.6) is 0 Å². The van der Waals surface area contributed by atoms with Gasteiger partial charge in [-0.15, -0.1) is 0 Å². The SMILES string of the molecule is C[C@H]1CCCC[C@@H]1NC(=O)C1CCN(C(=O)c2cnn(-c3ccccc3)c2-n2cccc2)CC1. The number of amides is 2. The molecule has 2 aliphatic rings. The van der Waals surface area contributed by atoms with Gasteiger partial charge >= 0.3 is 0 Å². The molecular formula is C27H33N5O2. The molecule has 178 valence electrons. The van der Waals surface area contributed by atoms with Gasteiger partial charge in [0.05, 0.1) is 11.9 Å². The van der Waals surface area contributed by atoms with E-state index in [0.29, 0.717) is 43.5 Å². The molecule has 7 nitrogen and oxygen atoms in total. The van der Waals surface area contributed by atoms with Crippen LogP contribution in [-0.4, -0.2) is 50.2 Å². The van der Waals surface area contributed by atoms with Crippen molar-refractivity contribution in [3.05, 3.63) is 66.6 Å². The standard InChI is InChI=1S/C27H33N5O2/c1-20-9-5-6-12-24(20)29-25(33)21-13-17-31(18-14-21)27(34)23-19-28-32(22-10-3-2-4-11-22)26(23)30-15-7-8-16-30/h2-4,7-8,10-11,15-16,19-21,24H,5-6,9,12-14,17-18H2,1H3,(H,29,33)/t20-,24-/m0/s1. The second-order valence-corrected chi connectivity index (χ2v) is 9.66. The van der Waals surface area contributed by atoms with Gasteiger partial charge in [0.2, 0.25) is 5.91 Å². The first-order valence-electron chi connectivity index (χ1n) is 12.5. The van der Waals surface area contributed by atoms with Crippen LogP contribution in [0, 0.1) is 11.8 Å². The zero-order chi connectivity index (χ0) is 23.5. The quantitative estimate of drug-likeness (QED) is 0.621. The Kier molecular flexibility index (Phi) is 6.52. The lowest BCUT2D eigenvalue weighted by Gasteiger charge is -2.34. The summed E-state index contributed by atoms with van der Waals surface area (Å²) < 4.78 is 3.73. The van der Waals surface area contributed by atoms with Gasteiger partial charge in [-0.05, 0) is 55.9 Å². The van der Waals surface area contributed by atoms with Gasteiger partial charge in [-0.3, -0.25) is 9.59 Å². The zero-order valence-corrected chi connectivity index (χ0v) is 19.8. The molecule has 2 fully saturated rings. The van der Waals surface area contributed by atoms with E-state index in [0.717, 1.165) is 17.9 Å². The highest BCUT2D eigenvalue weighted by molar-refractivity contribution is 5.97. The number of aromatic nitrogens is 3. The largest absolute Gasteiger partial charge is 0.353 e. The number of piperidine rings is 1. The van der Waals surface area contributed by atoms with E-state index >= 15 is 0 Å². The Bertz CT molecular complexity index is 1110. The van der Waals surface area contributed by atoms with E-state index in [1.165, 1.54) is 19.3 Å². The van der Waals surface area contributed by atoms with Gasteiger partial charge in [0.25, 0.3) is 5.91 Å². The number of carbonyl (C=O) groups excluding carboxylic acids is 2. The Hall–Kier alpha value is -3.35. The van der Waals surface area contributed by atoms with E-state index in [1.807, 2.05) is 64.3 Å². The first-order valence-corrected chi connectivity index (χ1v) is 12.5. The van der Waals surface area contributed by atoms with E-state index in [2.05, 4.69) is 17.3 Å². The van der Waals surface area contributed by atoms with Crippen molar-refractivity contribution in [2.75, 3.05) is 13.1 Å². The van der Waals surface area contributed by atoms with Crippen molar-refractivity contribution in [2.45, 2.75) is 51.5 Å². The van der Waals surface area contributed by atoms with Crippen molar-refractivity contribution < 1.29 is 9.59 Å². The normalized spacial score (nSPS) is 21.4. The molecule has 0 spiro atoms. The Morgan fingerprint density at radius 2 is 1.65 bits per heavy atom. The number of hydrogen-bond donors (Lipinski definition) is 1. The van der Waals surface area contributed by atoms with Crippen LogP contribution in [0.15, 0.2) is 61.1 Å². The maximum Gasteiger partial charge on any atom is 0.259 e. The number of rotatable bonds is 5. The molecule has 1 aliphatic carbocycles. The summed E-state index contributed by atoms with van der Waals surface area (Å²) in [7, 11) is 0. The fraction of sp³-hybridized carbons (Fsp3) is 0.444. The highest BCUT2D eigenvalue weighted by atomic mass is 16.2. The summed E-state index contributed by atoms with van der Waals surface area (Å²) >= 11 is 0. The first kappa shape index (κ1) is 22.4. The molecule has 3 aromatic rings. The summed E-state index contributed by atoms with van der Waals surface area (Å²) in [6.07, 6.45) is 11.6. The van der Waals surface area contributed by atoms with Crippen LogP contribution in [0.4, 0.5) is 0 Å². The van der Waals surface area contributed by atoms with Gasteiger partial charge in [0, 0.05) is 37.4 Å². The van der Waals surface area contributed by atoms with Crippen LogP contribution in [0.25, 0.3) is 11.5 Å². The highest BCUT2D eigenvalue weighted by Gasteiger charge is 2.32. The molecule has 1 N–H and O–H groups in total. The second kappa shape index (κ2) is 9.87. The topological polar surface area (TPSA) is 72.2 Å². The lowest BCUT2D eigenvalue weighted by molar-refractivity contribution is -0.127. The molecular weight excluding hydrogens is 426 g/mol. The van der Waals surface area contributed by atoms with Crippen molar-refractivity contribution in [2.24, 2.45) is 11.8 Å². The molecule has 1 aliphatic heterocycles. The lowest BCUT2D eigenvalue weighted by Crippen LogP contribution is -2.47. The minimum Gasteiger partial charge on any atom is -0.353 e. The molecule has 5 rings (SSSR count). The summed E-state index contributed by atoms with van der Waals surface area (Å²) in [5.74, 6) is 1.38. The Morgan fingerprint density at radius 3 is 2.35 bits per heavy atom. The highest BCUT2D eigenvalue weighted by Crippen LogP contribution is 2.27. The second-order valence-electron chi connectivity index (χ2n) is 9.66. The van der Waals surface area contributed by atoms with Crippen LogP contribution < -0.4 is 5.32 Å². The average molecular weight is 460 g/mol. The van der Waals surface area contributed by atoms with Crippen LogP contribution in [0.2, 0.25) is 0 Å². The molecule has 7 heteroatoms. The fourth-order valence-electron chi connectivity index (χ4n) is 5.32. The molecule has 1 saturated carbocycles. The number of carbonyl (C=O) groups is 2. The molecule has 2 aromatic heterocycles. The van der Waals surface area contributed by atoms with Crippen molar-refractivity contribution in [3.8, 4) is 11.5 Å². The monoisotopic (exact) mass is 459 g/mol. The third-order valence-electron chi connectivity index (χ3n) is 7.42. The van der Waals surface area contributed by atoms with Crippen LogP contribution in [0.1, 0.15) is 55.8 Å². The number of benzene rings is 1.